The molecule has 1 N–H and O–H groups in total. The largest absolute Gasteiger partial charge is 0.385 e. The Hall–Kier alpha value is -2.50. The van der Waals surface area contributed by atoms with Crippen LogP contribution in [0, 0.1) is 5.92 Å². The lowest BCUT2D eigenvalue weighted by Gasteiger charge is -2.39. The number of amides is 2. The summed E-state index contributed by atoms with van der Waals surface area (Å²) in [7, 11) is 0. The van der Waals surface area contributed by atoms with Crippen LogP contribution in [0.5, 0.6) is 0 Å². The second-order valence-corrected chi connectivity index (χ2v) is 7.46. The van der Waals surface area contributed by atoms with Crippen molar-refractivity contribution in [2.24, 2.45) is 10.9 Å². The maximum atomic E-state index is 13.0. The van der Waals surface area contributed by atoms with E-state index in [2.05, 4.69) is 4.99 Å². The number of rotatable bonds is 2. The molecule has 2 heterocycles. The van der Waals surface area contributed by atoms with E-state index < -0.39 is 11.5 Å². The van der Waals surface area contributed by atoms with Crippen LogP contribution < -0.4 is 0 Å². The predicted octanol–water partition coefficient (Wildman–Crippen LogP) is 2.80. The fourth-order valence-corrected chi connectivity index (χ4v) is 3.92. The van der Waals surface area contributed by atoms with E-state index in [1.165, 1.54) is 6.08 Å². The minimum absolute atomic E-state index is 0.168. The molecule has 3 aliphatic rings. The first-order chi connectivity index (χ1) is 13.0. The van der Waals surface area contributed by atoms with Gasteiger partial charge in [0.1, 0.15) is 0 Å². The molecule has 0 bridgehead atoms. The van der Waals surface area contributed by atoms with Crippen molar-refractivity contribution in [3.05, 3.63) is 70.8 Å². The first-order valence-corrected chi connectivity index (χ1v) is 9.31. The quantitative estimate of drug-likeness (QED) is 0.855. The number of aliphatic imine (C=N–C) groups is 1. The molecular weight excluding hydrogens is 364 g/mol. The van der Waals surface area contributed by atoms with E-state index in [0.717, 1.165) is 5.56 Å². The molecule has 1 aliphatic carbocycles. The smallest absolute Gasteiger partial charge is 0.270 e. The van der Waals surface area contributed by atoms with Gasteiger partial charge in [-0.15, -0.1) is 0 Å². The number of fused-ring (bicyclic) bond motifs is 1. The number of allylic oxidation sites excluding steroid dienone is 4. The molecule has 6 heteroatoms. The van der Waals surface area contributed by atoms with Gasteiger partial charge >= 0.3 is 0 Å². The molecule has 1 saturated heterocycles. The summed E-state index contributed by atoms with van der Waals surface area (Å²) in [6, 6.07) is 7.16. The van der Waals surface area contributed by atoms with Gasteiger partial charge < -0.3 is 10.0 Å². The minimum atomic E-state index is -0.974. The van der Waals surface area contributed by atoms with Crippen molar-refractivity contribution < 1.29 is 14.7 Å². The Morgan fingerprint density at radius 1 is 1.19 bits per heavy atom. The zero-order valence-corrected chi connectivity index (χ0v) is 15.4. The number of likely N-dealkylation sites (tertiary alicyclic amines) is 1. The molecule has 27 heavy (non-hydrogen) atoms. The van der Waals surface area contributed by atoms with Gasteiger partial charge in [-0.1, -0.05) is 42.0 Å². The van der Waals surface area contributed by atoms with E-state index in [9.17, 15) is 14.7 Å². The van der Waals surface area contributed by atoms with Crippen molar-refractivity contribution in [2.75, 3.05) is 13.1 Å². The molecule has 0 aromatic heterocycles. The molecule has 1 atom stereocenters. The van der Waals surface area contributed by atoms with Gasteiger partial charge in [0, 0.05) is 29.8 Å². The van der Waals surface area contributed by atoms with Crippen LogP contribution in [0.2, 0.25) is 5.02 Å². The summed E-state index contributed by atoms with van der Waals surface area (Å²) >= 11 is 5.93. The average Bonchev–Trinajstić information content (AvgIpc) is 2.68. The number of carbonyl (C=O) groups excluding carboxylic acids is 2. The van der Waals surface area contributed by atoms with Gasteiger partial charge in [-0.25, -0.2) is 4.99 Å². The van der Waals surface area contributed by atoms with Gasteiger partial charge in [-0.05, 0) is 36.6 Å². The Morgan fingerprint density at radius 3 is 2.59 bits per heavy atom. The summed E-state index contributed by atoms with van der Waals surface area (Å²) in [6.45, 7) is 0.838. The average molecular weight is 383 g/mol. The lowest BCUT2D eigenvalue weighted by atomic mass is 9.83. The standard InChI is InChI=1S/C21H19ClN2O3/c22-15-7-5-14(6-8-15)21(27)9-11-24(12-10-21)20(26)17-13-19(25)23-18-4-2-1-3-16(17)18/h1-8,13,16,27H,9-12H2. The highest BCUT2D eigenvalue weighted by Gasteiger charge is 2.38. The highest BCUT2D eigenvalue weighted by molar-refractivity contribution is 6.30. The van der Waals surface area contributed by atoms with Gasteiger partial charge in [0.15, 0.2) is 0 Å². The lowest BCUT2D eigenvalue weighted by Crippen LogP contribution is -2.46. The topological polar surface area (TPSA) is 70.0 Å². The number of hydrogen-bond donors (Lipinski definition) is 1. The number of carbonyl (C=O) groups is 2. The summed E-state index contributed by atoms with van der Waals surface area (Å²) in [4.78, 5) is 30.6. The maximum Gasteiger partial charge on any atom is 0.270 e. The van der Waals surface area contributed by atoms with Crippen LogP contribution in [0.15, 0.2) is 65.2 Å². The molecule has 2 aliphatic heterocycles. The van der Waals surface area contributed by atoms with E-state index in [1.807, 2.05) is 30.4 Å². The molecule has 0 saturated carbocycles. The van der Waals surface area contributed by atoms with Gasteiger partial charge in [-0.3, -0.25) is 9.59 Å². The molecule has 0 radical (unpaired) electrons. The Bertz CT molecular complexity index is 904. The van der Waals surface area contributed by atoms with Crippen LogP contribution in [0.25, 0.3) is 0 Å². The van der Waals surface area contributed by atoms with E-state index >= 15 is 0 Å². The minimum Gasteiger partial charge on any atom is -0.385 e. The number of hydrogen-bond acceptors (Lipinski definition) is 3. The maximum absolute atomic E-state index is 13.0. The number of aliphatic hydroxyl groups is 1. The monoisotopic (exact) mass is 382 g/mol. The summed E-state index contributed by atoms with van der Waals surface area (Å²) < 4.78 is 0. The number of piperidine rings is 1. The molecule has 4 rings (SSSR count). The third-order valence-electron chi connectivity index (χ3n) is 5.36. The fraction of sp³-hybridized carbons (Fsp3) is 0.286. The lowest BCUT2D eigenvalue weighted by molar-refractivity contribution is -0.132. The van der Waals surface area contributed by atoms with Crippen molar-refractivity contribution in [3.63, 3.8) is 0 Å². The Morgan fingerprint density at radius 2 is 1.89 bits per heavy atom. The van der Waals surface area contributed by atoms with E-state index in [-0.39, 0.29) is 11.8 Å². The molecular formula is C21H19ClN2O3. The van der Waals surface area contributed by atoms with E-state index in [0.29, 0.717) is 42.2 Å². The number of benzene rings is 1. The van der Waals surface area contributed by atoms with Crippen LogP contribution in [0.3, 0.4) is 0 Å². The zero-order chi connectivity index (χ0) is 19.0. The first kappa shape index (κ1) is 17.9. The Kier molecular flexibility index (Phi) is 4.58. The molecule has 138 valence electrons. The van der Waals surface area contributed by atoms with Crippen molar-refractivity contribution in [2.45, 2.75) is 18.4 Å². The summed E-state index contributed by atoms with van der Waals surface area (Å²) in [5.74, 6) is -0.852. The van der Waals surface area contributed by atoms with Crippen LogP contribution in [0.4, 0.5) is 0 Å². The van der Waals surface area contributed by atoms with Crippen molar-refractivity contribution in [3.8, 4) is 0 Å². The van der Waals surface area contributed by atoms with Crippen molar-refractivity contribution in [1.82, 2.24) is 4.90 Å². The molecule has 1 fully saturated rings. The summed E-state index contributed by atoms with van der Waals surface area (Å²) in [5, 5.41) is 11.6. The SMILES string of the molecule is O=C1C=C(C(=O)N2CCC(O)(c3ccc(Cl)cc3)CC2)C2C=CC=CC2=N1. The van der Waals surface area contributed by atoms with Gasteiger partial charge in [0.2, 0.25) is 0 Å². The van der Waals surface area contributed by atoms with E-state index in [1.54, 1.807) is 23.1 Å². The van der Waals surface area contributed by atoms with Gasteiger partial charge in [-0.2, -0.15) is 0 Å². The number of nitrogens with zero attached hydrogens (tertiary/aromatic N) is 2. The highest BCUT2D eigenvalue weighted by atomic mass is 35.5. The van der Waals surface area contributed by atoms with E-state index in [4.69, 9.17) is 11.6 Å². The second kappa shape index (κ2) is 6.91. The van der Waals surface area contributed by atoms with Crippen molar-refractivity contribution in [1.29, 1.82) is 0 Å². The normalized spacial score (nSPS) is 23.6. The molecule has 0 spiro atoms. The number of dihydropyridines is 1. The third kappa shape index (κ3) is 3.40. The molecule has 1 aromatic rings. The molecule has 1 unspecified atom stereocenters. The molecule has 5 nitrogen and oxygen atoms in total. The Balaban J connectivity index is 1.49. The fourth-order valence-electron chi connectivity index (χ4n) is 3.79. The Labute approximate surface area is 162 Å². The predicted molar refractivity (Wildman–Crippen MR) is 103 cm³/mol. The highest BCUT2D eigenvalue weighted by Crippen LogP contribution is 2.34. The second-order valence-electron chi connectivity index (χ2n) is 7.03. The number of halogens is 1. The molecule has 1 aromatic carbocycles. The van der Waals surface area contributed by atoms with Crippen LogP contribution >= 0.6 is 11.6 Å². The molecule has 2 amide bonds. The summed E-state index contributed by atoms with van der Waals surface area (Å²) in [5.41, 5.74) is 0.879. The van der Waals surface area contributed by atoms with Crippen LogP contribution in [-0.4, -0.2) is 40.6 Å². The van der Waals surface area contributed by atoms with Crippen LogP contribution in [0.1, 0.15) is 18.4 Å². The zero-order valence-electron chi connectivity index (χ0n) is 14.6. The van der Waals surface area contributed by atoms with Crippen LogP contribution in [-0.2, 0) is 15.2 Å². The van der Waals surface area contributed by atoms with Crippen molar-refractivity contribution >= 4 is 29.1 Å². The third-order valence-corrected chi connectivity index (χ3v) is 5.61. The summed E-state index contributed by atoms with van der Waals surface area (Å²) in [6.07, 6.45) is 9.51. The van der Waals surface area contributed by atoms with Gasteiger partial charge in [0.05, 0.1) is 17.2 Å². The van der Waals surface area contributed by atoms with Gasteiger partial charge in [0.25, 0.3) is 11.8 Å². The first-order valence-electron chi connectivity index (χ1n) is 8.93.